The molecule has 0 saturated heterocycles. The molecule has 2 aromatic carbocycles. The van der Waals surface area contributed by atoms with E-state index in [9.17, 15) is 17.6 Å². The highest BCUT2D eigenvalue weighted by atomic mass is 32.2. The Hall–Kier alpha value is -2.41. The van der Waals surface area contributed by atoms with E-state index in [1.165, 1.54) is 19.2 Å². The Bertz CT molecular complexity index is 863. The molecule has 0 spiro atoms. The number of benzene rings is 2. The summed E-state index contributed by atoms with van der Waals surface area (Å²) in [5.41, 5.74) is 1.63. The zero-order valence-corrected chi connectivity index (χ0v) is 15.1. The third-order valence-electron chi connectivity index (χ3n) is 3.67. The van der Waals surface area contributed by atoms with E-state index in [1.54, 1.807) is 37.3 Å². The zero-order chi connectivity index (χ0) is 18.6. The van der Waals surface area contributed by atoms with Crippen LogP contribution in [0.2, 0.25) is 0 Å². The van der Waals surface area contributed by atoms with Crippen LogP contribution < -0.4 is 10.1 Å². The molecule has 1 atom stereocenters. The minimum Gasteiger partial charge on any atom is -0.494 e. The van der Waals surface area contributed by atoms with Crippen LogP contribution in [0.1, 0.15) is 34.5 Å². The predicted octanol–water partition coefficient (Wildman–Crippen LogP) is 2.87. The highest BCUT2D eigenvalue weighted by Gasteiger charge is 2.14. The number of sulfone groups is 1. The van der Waals surface area contributed by atoms with E-state index in [1.807, 2.05) is 0 Å². The second-order valence-corrected chi connectivity index (χ2v) is 8.00. The fraction of sp³-hybridized carbons (Fsp3) is 0.278. The van der Waals surface area contributed by atoms with Crippen LogP contribution in [0.15, 0.2) is 42.5 Å². The second-order valence-electron chi connectivity index (χ2n) is 5.86. The quantitative estimate of drug-likeness (QED) is 0.854. The summed E-state index contributed by atoms with van der Waals surface area (Å²) in [5.74, 6) is -0.749. The van der Waals surface area contributed by atoms with E-state index < -0.39 is 21.7 Å². The molecule has 0 aromatic heterocycles. The molecule has 0 unspecified atom stereocenters. The summed E-state index contributed by atoms with van der Waals surface area (Å²) < 4.78 is 41.2. The molecule has 2 rings (SSSR count). The molecule has 1 amide bonds. The van der Waals surface area contributed by atoms with Crippen molar-refractivity contribution in [3.05, 3.63) is 65.0 Å². The Balaban J connectivity index is 2.07. The van der Waals surface area contributed by atoms with Crippen molar-refractivity contribution in [2.24, 2.45) is 0 Å². The number of methoxy groups -OCH3 is 1. The second kappa shape index (κ2) is 7.65. The standard InChI is InChI=1S/C18H20FNO4S/c1-12(15-8-9-17(24-2)16(19)10-15)20-18(21)14-6-4-13(5-7-14)11-25(3,22)23/h4-10,12H,11H2,1-3H3,(H,20,21)/t12-/m0/s1. The summed E-state index contributed by atoms with van der Waals surface area (Å²) in [6.07, 6.45) is 1.16. The molecule has 0 heterocycles. The van der Waals surface area contributed by atoms with Gasteiger partial charge in [-0.15, -0.1) is 0 Å². The van der Waals surface area contributed by atoms with Crippen LogP contribution in [-0.4, -0.2) is 27.7 Å². The number of hydrogen-bond acceptors (Lipinski definition) is 4. The molecular formula is C18H20FNO4S. The van der Waals surface area contributed by atoms with Gasteiger partial charge in [0.05, 0.1) is 18.9 Å². The molecule has 0 aliphatic rings. The van der Waals surface area contributed by atoms with Crippen molar-refractivity contribution in [3.63, 3.8) is 0 Å². The maximum absolute atomic E-state index is 13.8. The first-order valence-electron chi connectivity index (χ1n) is 7.60. The van der Waals surface area contributed by atoms with Gasteiger partial charge in [-0.2, -0.15) is 0 Å². The Morgan fingerprint density at radius 1 is 1.20 bits per heavy atom. The van der Waals surface area contributed by atoms with Gasteiger partial charge in [-0.25, -0.2) is 12.8 Å². The first kappa shape index (κ1) is 18.9. The largest absolute Gasteiger partial charge is 0.494 e. The van der Waals surface area contributed by atoms with E-state index in [2.05, 4.69) is 5.32 Å². The normalized spacial score (nSPS) is 12.5. The average molecular weight is 365 g/mol. The van der Waals surface area contributed by atoms with E-state index in [0.717, 1.165) is 6.26 Å². The summed E-state index contributed by atoms with van der Waals surface area (Å²) in [5, 5.41) is 2.78. The monoisotopic (exact) mass is 365 g/mol. The molecule has 134 valence electrons. The highest BCUT2D eigenvalue weighted by molar-refractivity contribution is 7.89. The molecule has 25 heavy (non-hydrogen) atoms. The lowest BCUT2D eigenvalue weighted by Crippen LogP contribution is -2.26. The maximum atomic E-state index is 13.8. The van der Waals surface area contributed by atoms with Crippen LogP contribution in [0.3, 0.4) is 0 Å². The van der Waals surface area contributed by atoms with Gasteiger partial charge in [-0.1, -0.05) is 18.2 Å². The van der Waals surface area contributed by atoms with Crippen molar-refractivity contribution in [3.8, 4) is 5.75 Å². The first-order valence-corrected chi connectivity index (χ1v) is 9.66. The minimum absolute atomic E-state index is 0.0730. The lowest BCUT2D eigenvalue weighted by molar-refractivity contribution is 0.0940. The minimum atomic E-state index is -3.12. The van der Waals surface area contributed by atoms with Gasteiger partial charge in [0.15, 0.2) is 21.4 Å². The van der Waals surface area contributed by atoms with E-state index in [-0.39, 0.29) is 17.4 Å². The number of ether oxygens (including phenoxy) is 1. The van der Waals surface area contributed by atoms with Gasteiger partial charge >= 0.3 is 0 Å². The molecule has 0 saturated carbocycles. The zero-order valence-electron chi connectivity index (χ0n) is 14.2. The van der Waals surface area contributed by atoms with E-state index in [4.69, 9.17) is 4.74 Å². The van der Waals surface area contributed by atoms with Crippen molar-refractivity contribution >= 4 is 15.7 Å². The molecule has 0 aliphatic heterocycles. The number of carbonyl (C=O) groups is 1. The third kappa shape index (κ3) is 5.29. The number of carbonyl (C=O) groups excluding carboxylic acids is 1. The highest BCUT2D eigenvalue weighted by Crippen LogP contribution is 2.22. The van der Waals surface area contributed by atoms with Gasteiger partial charge in [0.1, 0.15) is 0 Å². The Morgan fingerprint density at radius 3 is 2.36 bits per heavy atom. The van der Waals surface area contributed by atoms with Crippen molar-refractivity contribution in [1.82, 2.24) is 5.32 Å². The fourth-order valence-electron chi connectivity index (χ4n) is 2.37. The summed E-state index contributed by atoms with van der Waals surface area (Å²) in [6, 6.07) is 10.5. The van der Waals surface area contributed by atoms with Crippen molar-refractivity contribution < 1.29 is 22.3 Å². The molecule has 1 N–H and O–H groups in total. The number of halogens is 1. The van der Waals surface area contributed by atoms with Crippen LogP contribution in [0.25, 0.3) is 0 Å². The number of rotatable bonds is 6. The van der Waals surface area contributed by atoms with Crippen molar-refractivity contribution in [1.29, 1.82) is 0 Å². The molecule has 2 aromatic rings. The molecule has 0 bridgehead atoms. The molecule has 0 fully saturated rings. The van der Waals surface area contributed by atoms with Gasteiger partial charge in [0, 0.05) is 11.8 Å². The van der Waals surface area contributed by atoms with E-state index in [0.29, 0.717) is 16.7 Å². The summed E-state index contributed by atoms with van der Waals surface area (Å²) in [7, 11) is -1.74. The molecule has 7 heteroatoms. The van der Waals surface area contributed by atoms with Gasteiger partial charge in [0.2, 0.25) is 0 Å². The number of amides is 1. The number of hydrogen-bond donors (Lipinski definition) is 1. The molecule has 0 aliphatic carbocycles. The smallest absolute Gasteiger partial charge is 0.251 e. The van der Waals surface area contributed by atoms with Gasteiger partial charge < -0.3 is 10.1 Å². The van der Waals surface area contributed by atoms with Crippen LogP contribution in [-0.2, 0) is 15.6 Å². The lowest BCUT2D eigenvalue weighted by atomic mass is 10.1. The molecule has 5 nitrogen and oxygen atoms in total. The Kier molecular flexibility index (Phi) is 5.79. The summed E-state index contributed by atoms with van der Waals surface area (Å²) in [6.45, 7) is 1.75. The SMILES string of the molecule is COc1ccc([C@H](C)NC(=O)c2ccc(CS(C)(=O)=O)cc2)cc1F. The third-order valence-corrected chi connectivity index (χ3v) is 4.53. The van der Waals surface area contributed by atoms with Gasteiger partial charge in [-0.3, -0.25) is 4.79 Å². The maximum Gasteiger partial charge on any atom is 0.251 e. The molecule has 0 radical (unpaired) electrons. The van der Waals surface area contributed by atoms with Gasteiger partial charge in [-0.05, 0) is 42.3 Å². The van der Waals surface area contributed by atoms with Crippen molar-refractivity contribution in [2.45, 2.75) is 18.7 Å². The predicted molar refractivity (Wildman–Crippen MR) is 93.8 cm³/mol. The summed E-state index contributed by atoms with van der Waals surface area (Å²) in [4.78, 5) is 12.3. The molecular weight excluding hydrogens is 345 g/mol. The topological polar surface area (TPSA) is 72.5 Å². The van der Waals surface area contributed by atoms with Gasteiger partial charge in [0.25, 0.3) is 5.91 Å². The average Bonchev–Trinajstić information content (AvgIpc) is 2.53. The van der Waals surface area contributed by atoms with Crippen LogP contribution >= 0.6 is 0 Å². The Morgan fingerprint density at radius 2 is 1.84 bits per heavy atom. The van der Waals surface area contributed by atoms with Crippen LogP contribution in [0, 0.1) is 5.82 Å². The number of nitrogens with one attached hydrogen (secondary N) is 1. The summed E-state index contributed by atoms with van der Waals surface area (Å²) >= 11 is 0. The van der Waals surface area contributed by atoms with Crippen LogP contribution in [0.4, 0.5) is 4.39 Å². The van der Waals surface area contributed by atoms with Crippen LogP contribution in [0.5, 0.6) is 5.75 Å². The fourth-order valence-corrected chi connectivity index (χ4v) is 3.17. The van der Waals surface area contributed by atoms with E-state index >= 15 is 0 Å². The Labute approximate surface area is 146 Å². The van der Waals surface area contributed by atoms with Crippen molar-refractivity contribution in [2.75, 3.05) is 13.4 Å². The lowest BCUT2D eigenvalue weighted by Gasteiger charge is -2.15. The first-order chi connectivity index (χ1) is 11.7.